The highest BCUT2D eigenvalue weighted by Gasteiger charge is 2.30. The summed E-state index contributed by atoms with van der Waals surface area (Å²) in [6, 6.07) is 10.2. The Bertz CT molecular complexity index is 653. The summed E-state index contributed by atoms with van der Waals surface area (Å²) < 4.78 is 5.72. The SMILES string of the molecule is CC1(C)C[C@H](NC(=O)C[C@@H](c2ccccc2)c2ncc[nH]2)CCO1. The van der Waals surface area contributed by atoms with Crippen LogP contribution in [-0.2, 0) is 9.53 Å². The molecule has 2 heterocycles. The summed E-state index contributed by atoms with van der Waals surface area (Å²) >= 11 is 0. The van der Waals surface area contributed by atoms with Crippen molar-refractivity contribution < 1.29 is 9.53 Å². The summed E-state index contributed by atoms with van der Waals surface area (Å²) in [7, 11) is 0. The number of rotatable bonds is 5. The Morgan fingerprint density at radius 3 is 2.88 bits per heavy atom. The third-order valence-electron chi connectivity index (χ3n) is 4.50. The first-order valence-electron chi connectivity index (χ1n) is 8.51. The van der Waals surface area contributed by atoms with Gasteiger partial charge in [-0.2, -0.15) is 0 Å². The van der Waals surface area contributed by atoms with Gasteiger partial charge in [0.1, 0.15) is 5.82 Å². The number of aromatic nitrogens is 2. The van der Waals surface area contributed by atoms with Gasteiger partial charge in [-0.15, -0.1) is 0 Å². The Hall–Kier alpha value is -2.14. The van der Waals surface area contributed by atoms with Crippen molar-refractivity contribution in [3.63, 3.8) is 0 Å². The molecule has 128 valence electrons. The fourth-order valence-corrected chi connectivity index (χ4v) is 3.35. The van der Waals surface area contributed by atoms with Crippen molar-refractivity contribution >= 4 is 5.91 Å². The maximum atomic E-state index is 12.6. The molecule has 2 atom stereocenters. The van der Waals surface area contributed by atoms with Gasteiger partial charge in [-0.05, 0) is 32.3 Å². The molecule has 2 aromatic rings. The number of carbonyl (C=O) groups excluding carboxylic acids is 1. The van der Waals surface area contributed by atoms with Gasteiger partial charge in [-0.25, -0.2) is 4.98 Å². The molecule has 5 nitrogen and oxygen atoms in total. The lowest BCUT2D eigenvalue weighted by Gasteiger charge is -2.36. The Labute approximate surface area is 142 Å². The summed E-state index contributed by atoms with van der Waals surface area (Å²) in [6.07, 6.45) is 5.62. The van der Waals surface area contributed by atoms with Gasteiger partial charge in [-0.1, -0.05) is 30.3 Å². The Morgan fingerprint density at radius 1 is 1.42 bits per heavy atom. The summed E-state index contributed by atoms with van der Waals surface area (Å²) in [5, 5.41) is 3.18. The van der Waals surface area contributed by atoms with Crippen LogP contribution in [0.3, 0.4) is 0 Å². The first kappa shape index (κ1) is 16.7. The third kappa shape index (κ3) is 4.23. The van der Waals surface area contributed by atoms with E-state index < -0.39 is 0 Å². The van der Waals surface area contributed by atoms with Crippen molar-refractivity contribution in [2.75, 3.05) is 6.61 Å². The highest BCUT2D eigenvalue weighted by molar-refractivity contribution is 5.77. The first-order valence-corrected chi connectivity index (χ1v) is 8.51. The molecule has 1 amide bonds. The predicted octanol–water partition coefficient (Wildman–Crippen LogP) is 3.01. The van der Waals surface area contributed by atoms with Crippen LogP contribution in [0.25, 0.3) is 0 Å². The van der Waals surface area contributed by atoms with Crippen LogP contribution in [0.5, 0.6) is 0 Å². The van der Waals surface area contributed by atoms with Crippen molar-refractivity contribution in [3.8, 4) is 0 Å². The lowest BCUT2D eigenvalue weighted by atomic mass is 9.92. The molecule has 0 radical (unpaired) electrons. The highest BCUT2D eigenvalue weighted by atomic mass is 16.5. The molecular formula is C19H25N3O2. The molecule has 0 saturated carbocycles. The fraction of sp³-hybridized carbons (Fsp3) is 0.474. The smallest absolute Gasteiger partial charge is 0.221 e. The summed E-state index contributed by atoms with van der Waals surface area (Å²) in [4.78, 5) is 20.1. The number of imidazole rings is 1. The molecule has 2 N–H and O–H groups in total. The van der Waals surface area contributed by atoms with Crippen molar-refractivity contribution in [2.24, 2.45) is 0 Å². The Balaban J connectivity index is 1.68. The number of nitrogens with one attached hydrogen (secondary N) is 2. The van der Waals surface area contributed by atoms with E-state index in [1.165, 1.54) is 0 Å². The van der Waals surface area contributed by atoms with Crippen molar-refractivity contribution in [2.45, 2.75) is 50.7 Å². The molecule has 1 saturated heterocycles. The molecule has 3 rings (SSSR count). The summed E-state index contributed by atoms with van der Waals surface area (Å²) in [5.74, 6) is 0.820. The van der Waals surface area contributed by atoms with Crippen molar-refractivity contribution in [3.05, 3.63) is 54.1 Å². The number of nitrogens with zero attached hydrogens (tertiary/aromatic N) is 1. The molecule has 1 aliphatic heterocycles. The quantitative estimate of drug-likeness (QED) is 0.887. The fourth-order valence-electron chi connectivity index (χ4n) is 3.35. The first-order chi connectivity index (χ1) is 11.5. The lowest BCUT2D eigenvalue weighted by Crippen LogP contribution is -2.46. The van der Waals surface area contributed by atoms with E-state index >= 15 is 0 Å². The number of benzene rings is 1. The summed E-state index contributed by atoms with van der Waals surface area (Å²) in [6.45, 7) is 4.83. The van der Waals surface area contributed by atoms with Crippen molar-refractivity contribution in [1.29, 1.82) is 0 Å². The maximum absolute atomic E-state index is 12.6. The second-order valence-corrected chi connectivity index (χ2v) is 7.01. The number of H-pyrrole nitrogens is 1. The van der Waals surface area contributed by atoms with Crippen LogP contribution in [0.1, 0.15) is 50.4 Å². The van der Waals surface area contributed by atoms with Crippen LogP contribution in [0.2, 0.25) is 0 Å². The topological polar surface area (TPSA) is 67.0 Å². The third-order valence-corrected chi connectivity index (χ3v) is 4.50. The minimum Gasteiger partial charge on any atom is -0.375 e. The van der Waals surface area contributed by atoms with E-state index in [4.69, 9.17) is 4.74 Å². The van der Waals surface area contributed by atoms with Gasteiger partial charge >= 0.3 is 0 Å². The number of hydrogen-bond donors (Lipinski definition) is 2. The Kier molecular flexibility index (Phi) is 5.00. The van der Waals surface area contributed by atoms with Gasteiger partial charge in [0.15, 0.2) is 0 Å². The zero-order valence-electron chi connectivity index (χ0n) is 14.3. The zero-order chi connectivity index (χ0) is 17.0. The van der Waals surface area contributed by atoms with Crippen LogP contribution in [0.4, 0.5) is 0 Å². The molecule has 24 heavy (non-hydrogen) atoms. The number of aromatic amines is 1. The predicted molar refractivity (Wildman–Crippen MR) is 92.7 cm³/mol. The monoisotopic (exact) mass is 327 g/mol. The van der Waals surface area contributed by atoms with E-state index in [0.29, 0.717) is 13.0 Å². The van der Waals surface area contributed by atoms with E-state index in [2.05, 4.69) is 29.1 Å². The molecule has 1 aromatic heterocycles. The molecule has 0 bridgehead atoms. The molecule has 5 heteroatoms. The molecule has 1 aliphatic rings. The molecule has 0 unspecified atom stereocenters. The average Bonchev–Trinajstić information content (AvgIpc) is 3.06. The van der Waals surface area contributed by atoms with E-state index in [1.807, 2.05) is 30.3 Å². The van der Waals surface area contributed by atoms with Crippen LogP contribution >= 0.6 is 0 Å². The van der Waals surface area contributed by atoms with Crippen LogP contribution in [0, 0.1) is 0 Å². The molecule has 0 aliphatic carbocycles. The number of ether oxygens (including phenoxy) is 1. The lowest BCUT2D eigenvalue weighted by molar-refractivity contribution is -0.124. The molecule has 0 spiro atoms. The zero-order valence-corrected chi connectivity index (χ0v) is 14.3. The minimum atomic E-state index is -0.171. The number of carbonyl (C=O) groups is 1. The molecule has 1 aromatic carbocycles. The normalized spacial score (nSPS) is 21.2. The minimum absolute atomic E-state index is 0.0583. The maximum Gasteiger partial charge on any atom is 0.221 e. The standard InChI is InChI=1S/C19H25N3O2/c1-19(2)13-15(8-11-24-19)22-17(23)12-16(18-20-9-10-21-18)14-6-4-3-5-7-14/h3-7,9-10,15-16H,8,11-13H2,1-2H3,(H,20,21)(H,22,23)/t15-,16+/m1/s1. The van der Waals surface area contributed by atoms with Gasteiger partial charge in [0, 0.05) is 31.5 Å². The van der Waals surface area contributed by atoms with Crippen LogP contribution in [-0.4, -0.2) is 34.1 Å². The van der Waals surface area contributed by atoms with Gasteiger partial charge in [0.2, 0.25) is 5.91 Å². The Morgan fingerprint density at radius 2 is 2.21 bits per heavy atom. The van der Waals surface area contributed by atoms with Gasteiger partial charge in [-0.3, -0.25) is 4.79 Å². The van der Waals surface area contributed by atoms with Gasteiger partial charge < -0.3 is 15.0 Å². The van der Waals surface area contributed by atoms with Crippen LogP contribution < -0.4 is 5.32 Å². The second-order valence-electron chi connectivity index (χ2n) is 7.01. The van der Waals surface area contributed by atoms with Gasteiger partial charge in [0.25, 0.3) is 0 Å². The number of amides is 1. The van der Waals surface area contributed by atoms with E-state index in [-0.39, 0.29) is 23.5 Å². The van der Waals surface area contributed by atoms with Crippen LogP contribution in [0.15, 0.2) is 42.7 Å². The average molecular weight is 327 g/mol. The second kappa shape index (κ2) is 7.18. The van der Waals surface area contributed by atoms with E-state index in [0.717, 1.165) is 24.2 Å². The summed E-state index contributed by atoms with van der Waals surface area (Å²) in [5.41, 5.74) is 0.922. The largest absolute Gasteiger partial charge is 0.375 e. The van der Waals surface area contributed by atoms with E-state index in [1.54, 1.807) is 12.4 Å². The molecular weight excluding hydrogens is 302 g/mol. The highest BCUT2D eigenvalue weighted by Crippen LogP contribution is 2.27. The number of hydrogen-bond acceptors (Lipinski definition) is 3. The van der Waals surface area contributed by atoms with Gasteiger partial charge in [0.05, 0.1) is 11.5 Å². The molecule has 1 fully saturated rings. The van der Waals surface area contributed by atoms with E-state index in [9.17, 15) is 4.79 Å². The van der Waals surface area contributed by atoms with Crippen molar-refractivity contribution in [1.82, 2.24) is 15.3 Å².